The van der Waals surface area contributed by atoms with E-state index in [0.29, 0.717) is 5.75 Å². The number of nitrogens with one attached hydrogen (secondary N) is 1. The van der Waals surface area contributed by atoms with Gasteiger partial charge in [0.05, 0.1) is 11.8 Å². The van der Waals surface area contributed by atoms with Gasteiger partial charge in [0.2, 0.25) is 5.91 Å². The van der Waals surface area contributed by atoms with Gasteiger partial charge in [-0.25, -0.2) is 9.97 Å². The maximum atomic E-state index is 12.4. The first-order chi connectivity index (χ1) is 12.6. The number of hydrogen-bond donors (Lipinski definition) is 1. The zero-order valence-corrected chi connectivity index (χ0v) is 17.5. The van der Waals surface area contributed by atoms with Crippen LogP contribution < -0.4 is 5.32 Å². The molecule has 0 fully saturated rings. The maximum absolute atomic E-state index is 12.4. The number of carbonyl (C=O) groups excluding carboxylic acids is 1. The summed E-state index contributed by atoms with van der Waals surface area (Å²) in [6.07, 6.45) is 5.06. The molecule has 4 rings (SSSR count). The van der Waals surface area contributed by atoms with E-state index in [1.807, 2.05) is 31.2 Å². The van der Waals surface area contributed by atoms with Crippen molar-refractivity contribution in [3.8, 4) is 0 Å². The molecule has 3 aromatic rings. The van der Waals surface area contributed by atoms with Gasteiger partial charge in [-0.2, -0.15) is 0 Å². The number of aryl methyl sites for hydroxylation is 2. The van der Waals surface area contributed by atoms with E-state index in [-0.39, 0.29) is 11.9 Å². The van der Waals surface area contributed by atoms with Gasteiger partial charge in [-0.1, -0.05) is 39.8 Å². The number of carbonyl (C=O) groups is 1. The van der Waals surface area contributed by atoms with E-state index in [1.165, 1.54) is 34.0 Å². The highest BCUT2D eigenvalue weighted by atomic mass is 79.9. The molecule has 1 atom stereocenters. The van der Waals surface area contributed by atoms with Crippen molar-refractivity contribution in [3.63, 3.8) is 0 Å². The Kier molecular flexibility index (Phi) is 5.29. The summed E-state index contributed by atoms with van der Waals surface area (Å²) in [5, 5.41) is 5.17. The van der Waals surface area contributed by atoms with Crippen molar-refractivity contribution in [1.29, 1.82) is 0 Å². The van der Waals surface area contributed by atoms with E-state index in [2.05, 4.69) is 31.2 Å². The Hall–Kier alpha value is -1.44. The van der Waals surface area contributed by atoms with Gasteiger partial charge >= 0.3 is 0 Å². The lowest BCUT2D eigenvalue weighted by molar-refractivity contribution is -0.119. The van der Waals surface area contributed by atoms with E-state index in [1.54, 1.807) is 17.7 Å². The molecule has 0 bridgehead atoms. The van der Waals surface area contributed by atoms with Crippen LogP contribution in [0.5, 0.6) is 0 Å². The van der Waals surface area contributed by atoms with Gasteiger partial charge < -0.3 is 5.32 Å². The van der Waals surface area contributed by atoms with Crippen LogP contribution in [0.1, 0.15) is 35.4 Å². The van der Waals surface area contributed by atoms with Gasteiger partial charge in [0.1, 0.15) is 16.2 Å². The van der Waals surface area contributed by atoms with Crippen LogP contribution in [0.2, 0.25) is 0 Å². The molecule has 26 heavy (non-hydrogen) atoms. The van der Waals surface area contributed by atoms with Crippen molar-refractivity contribution in [2.45, 2.75) is 37.3 Å². The largest absolute Gasteiger partial charge is 0.349 e. The molecule has 0 radical (unpaired) electrons. The Bertz CT molecular complexity index is 955. The SMILES string of the molecule is CC(NC(=O)CSc1ncnc2sc3c(c12)CCC3)c1ccc(Br)cc1. The number of hydrogen-bond acceptors (Lipinski definition) is 5. The summed E-state index contributed by atoms with van der Waals surface area (Å²) < 4.78 is 1.03. The highest BCUT2D eigenvalue weighted by Crippen LogP contribution is 2.39. The van der Waals surface area contributed by atoms with Gasteiger partial charge in [-0.05, 0) is 49.4 Å². The molecule has 134 valence electrons. The minimum Gasteiger partial charge on any atom is -0.349 e. The average Bonchev–Trinajstić information content (AvgIpc) is 3.21. The minimum atomic E-state index is -0.0213. The molecular formula is C19H18BrN3OS2. The van der Waals surface area contributed by atoms with Crippen LogP contribution in [0.25, 0.3) is 10.2 Å². The van der Waals surface area contributed by atoms with E-state index >= 15 is 0 Å². The lowest BCUT2D eigenvalue weighted by Crippen LogP contribution is -2.28. The van der Waals surface area contributed by atoms with Crippen molar-refractivity contribution < 1.29 is 4.79 Å². The maximum Gasteiger partial charge on any atom is 0.230 e. The first-order valence-electron chi connectivity index (χ1n) is 8.54. The van der Waals surface area contributed by atoms with Crippen molar-refractivity contribution in [2.75, 3.05) is 5.75 Å². The fourth-order valence-corrected chi connectivity index (χ4v) is 5.66. The van der Waals surface area contributed by atoms with Crippen molar-refractivity contribution >= 4 is 55.2 Å². The van der Waals surface area contributed by atoms with Gasteiger partial charge in [0.25, 0.3) is 0 Å². The first-order valence-corrected chi connectivity index (χ1v) is 11.1. The molecule has 0 spiro atoms. The summed E-state index contributed by atoms with van der Waals surface area (Å²) in [5.74, 6) is 0.376. The summed E-state index contributed by atoms with van der Waals surface area (Å²) in [6, 6.07) is 7.99. The quantitative estimate of drug-likeness (QED) is 0.445. The van der Waals surface area contributed by atoms with Crippen molar-refractivity contribution in [3.05, 3.63) is 51.1 Å². The molecule has 0 saturated heterocycles. The Morgan fingerprint density at radius 2 is 2.12 bits per heavy atom. The van der Waals surface area contributed by atoms with E-state index in [4.69, 9.17) is 0 Å². The molecule has 4 nitrogen and oxygen atoms in total. The monoisotopic (exact) mass is 447 g/mol. The Morgan fingerprint density at radius 1 is 1.31 bits per heavy atom. The van der Waals surface area contributed by atoms with E-state index in [9.17, 15) is 4.79 Å². The Morgan fingerprint density at radius 3 is 2.92 bits per heavy atom. The molecular weight excluding hydrogens is 430 g/mol. The smallest absolute Gasteiger partial charge is 0.230 e. The summed E-state index contributed by atoms with van der Waals surface area (Å²) in [4.78, 5) is 23.8. The van der Waals surface area contributed by atoms with Crippen LogP contribution in [-0.2, 0) is 17.6 Å². The number of thiophene rings is 1. The van der Waals surface area contributed by atoms with Gasteiger partial charge in [0.15, 0.2) is 0 Å². The van der Waals surface area contributed by atoms with E-state index in [0.717, 1.165) is 32.7 Å². The van der Waals surface area contributed by atoms with Crippen LogP contribution >= 0.6 is 39.0 Å². The number of benzene rings is 1. The summed E-state index contributed by atoms with van der Waals surface area (Å²) in [7, 11) is 0. The standard InChI is InChI=1S/C19H18BrN3OS2/c1-11(12-5-7-13(20)8-6-12)23-16(24)9-25-18-17-14-3-2-4-15(14)26-19(17)22-10-21-18/h5-8,10-11H,2-4,9H2,1H3,(H,23,24). The number of amides is 1. The lowest BCUT2D eigenvalue weighted by atomic mass is 10.1. The molecule has 0 saturated carbocycles. The highest BCUT2D eigenvalue weighted by Gasteiger charge is 2.21. The normalized spacial score (nSPS) is 14.4. The van der Waals surface area contributed by atoms with Crippen LogP contribution in [-0.4, -0.2) is 21.6 Å². The van der Waals surface area contributed by atoms with Crippen LogP contribution in [0, 0.1) is 0 Å². The predicted molar refractivity (Wildman–Crippen MR) is 111 cm³/mol. The molecule has 7 heteroatoms. The van der Waals surface area contributed by atoms with E-state index < -0.39 is 0 Å². The fourth-order valence-electron chi connectivity index (χ4n) is 3.26. The molecule has 1 aliphatic rings. The molecule has 1 aliphatic carbocycles. The molecule has 2 heterocycles. The van der Waals surface area contributed by atoms with Crippen LogP contribution in [0.15, 0.2) is 40.1 Å². The molecule has 1 amide bonds. The molecule has 1 aromatic carbocycles. The van der Waals surface area contributed by atoms with Gasteiger partial charge in [0, 0.05) is 14.7 Å². The predicted octanol–water partition coefficient (Wildman–Crippen LogP) is 4.91. The lowest BCUT2D eigenvalue weighted by Gasteiger charge is -2.14. The molecule has 0 aliphatic heterocycles. The number of nitrogens with zero attached hydrogens (tertiary/aromatic N) is 2. The summed E-state index contributed by atoms with van der Waals surface area (Å²) in [6.45, 7) is 2.00. The Balaban J connectivity index is 1.43. The van der Waals surface area contributed by atoms with Crippen molar-refractivity contribution in [1.82, 2.24) is 15.3 Å². The third-order valence-electron chi connectivity index (χ3n) is 4.55. The number of rotatable bonds is 5. The fraction of sp³-hybridized carbons (Fsp3) is 0.316. The van der Waals surface area contributed by atoms with Crippen molar-refractivity contribution in [2.24, 2.45) is 0 Å². The zero-order chi connectivity index (χ0) is 18.1. The highest BCUT2D eigenvalue weighted by molar-refractivity contribution is 9.10. The third-order valence-corrected chi connectivity index (χ3v) is 7.27. The number of halogens is 1. The summed E-state index contributed by atoms with van der Waals surface area (Å²) >= 11 is 6.71. The average molecular weight is 448 g/mol. The number of thioether (sulfide) groups is 1. The Labute approximate surface area is 169 Å². The summed E-state index contributed by atoms with van der Waals surface area (Å²) in [5.41, 5.74) is 2.49. The van der Waals surface area contributed by atoms with Crippen LogP contribution in [0.3, 0.4) is 0 Å². The molecule has 1 unspecified atom stereocenters. The number of aromatic nitrogens is 2. The molecule has 1 N–H and O–H groups in total. The minimum absolute atomic E-state index is 0.0176. The van der Waals surface area contributed by atoms with Crippen LogP contribution in [0.4, 0.5) is 0 Å². The molecule has 2 aromatic heterocycles. The third kappa shape index (κ3) is 3.66. The van der Waals surface area contributed by atoms with Gasteiger partial charge in [-0.3, -0.25) is 4.79 Å². The topological polar surface area (TPSA) is 54.9 Å². The second-order valence-electron chi connectivity index (χ2n) is 6.35. The zero-order valence-electron chi connectivity index (χ0n) is 14.3. The van der Waals surface area contributed by atoms with Gasteiger partial charge in [-0.15, -0.1) is 11.3 Å². The number of fused-ring (bicyclic) bond motifs is 3. The second-order valence-corrected chi connectivity index (χ2v) is 9.31. The second kappa shape index (κ2) is 7.66. The first kappa shape index (κ1) is 17.9.